The minimum absolute atomic E-state index is 0.0284. The van der Waals surface area contributed by atoms with E-state index in [4.69, 9.17) is 16.3 Å². The SMILES string of the molecule is CNc1ccc(C(=O)OC(C)C(=O)Nc2cc(Cl)ccc2C)cc1[N+](=O)[O-]. The highest BCUT2D eigenvalue weighted by atomic mass is 35.5. The molecule has 0 aliphatic rings. The molecule has 1 atom stereocenters. The number of halogens is 1. The summed E-state index contributed by atoms with van der Waals surface area (Å²) in [4.78, 5) is 35.0. The summed E-state index contributed by atoms with van der Waals surface area (Å²) in [6.45, 7) is 3.20. The number of nitro groups is 1. The third-order valence-corrected chi connectivity index (χ3v) is 4.05. The number of carbonyl (C=O) groups excluding carboxylic acids is 2. The van der Waals surface area contributed by atoms with Crippen LogP contribution in [0.4, 0.5) is 17.1 Å². The summed E-state index contributed by atoms with van der Waals surface area (Å²) in [6.07, 6.45) is -1.11. The van der Waals surface area contributed by atoms with Crippen molar-refractivity contribution in [3.8, 4) is 0 Å². The molecule has 142 valence electrons. The fourth-order valence-corrected chi connectivity index (χ4v) is 2.44. The molecule has 0 aromatic heterocycles. The summed E-state index contributed by atoms with van der Waals surface area (Å²) < 4.78 is 5.12. The molecular weight excluding hydrogens is 374 g/mol. The Morgan fingerprint density at radius 2 is 1.89 bits per heavy atom. The lowest BCUT2D eigenvalue weighted by Crippen LogP contribution is -2.30. The van der Waals surface area contributed by atoms with E-state index in [0.717, 1.165) is 11.6 Å². The summed E-state index contributed by atoms with van der Waals surface area (Å²) >= 11 is 5.91. The number of benzene rings is 2. The molecule has 0 radical (unpaired) electrons. The second-order valence-electron chi connectivity index (χ2n) is 5.74. The number of nitro benzene ring substituents is 1. The predicted molar refractivity (Wildman–Crippen MR) is 102 cm³/mol. The smallest absolute Gasteiger partial charge is 0.339 e. The van der Waals surface area contributed by atoms with Gasteiger partial charge in [-0.3, -0.25) is 14.9 Å². The number of nitrogens with one attached hydrogen (secondary N) is 2. The normalized spacial score (nSPS) is 11.4. The van der Waals surface area contributed by atoms with Crippen molar-refractivity contribution < 1.29 is 19.2 Å². The van der Waals surface area contributed by atoms with Gasteiger partial charge < -0.3 is 15.4 Å². The Morgan fingerprint density at radius 1 is 1.19 bits per heavy atom. The van der Waals surface area contributed by atoms with Gasteiger partial charge in [0.05, 0.1) is 10.5 Å². The number of nitrogens with zero attached hydrogens (tertiary/aromatic N) is 1. The van der Waals surface area contributed by atoms with E-state index in [2.05, 4.69) is 10.6 Å². The monoisotopic (exact) mass is 391 g/mol. The fraction of sp³-hybridized carbons (Fsp3) is 0.222. The van der Waals surface area contributed by atoms with Crippen LogP contribution in [-0.2, 0) is 9.53 Å². The predicted octanol–water partition coefficient (Wildman–Crippen LogP) is 3.78. The van der Waals surface area contributed by atoms with E-state index in [-0.39, 0.29) is 16.9 Å². The first-order valence-electron chi connectivity index (χ1n) is 7.97. The maximum absolute atomic E-state index is 12.3. The molecule has 2 aromatic carbocycles. The molecular formula is C18H18ClN3O5. The summed E-state index contributed by atoms with van der Waals surface area (Å²) in [5.41, 5.74) is 1.27. The lowest BCUT2D eigenvalue weighted by atomic mass is 10.1. The minimum Gasteiger partial charge on any atom is -0.449 e. The first-order chi connectivity index (χ1) is 12.7. The van der Waals surface area contributed by atoms with Crippen LogP contribution in [0.3, 0.4) is 0 Å². The lowest BCUT2D eigenvalue weighted by molar-refractivity contribution is -0.384. The molecule has 27 heavy (non-hydrogen) atoms. The number of hydrogen-bond donors (Lipinski definition) is 2. The number of hydrogen-bond acceptors (Lipinski definition) is 6. The topological polar surface area (TPSA) is 111 Å². The second kappa shape index (κ2) is 8.50. The van der Waals surface area contributed by atoms with Crippen molar-refractivity contribution in [3.63, 3.8) is 0 Å². The molecule has 0 saturated heterocycles. The molecule has 0 spiro atoms. The number of anilines is 2. The Labute approximate surface area is 160 Å². The summed E-state index contributed by atoms with van der Waals surface area (Å²) in [5, 5.41) is 16.9. The zero-order valence-electron chi connectivity index (χ0n) is 14.9. The van der Waals surface area contributed by atoms with E-state index in [9.17, 15) is 19.7 Å². The van der Waals surface area contributed by atoms with Gasteiger partial charge in [0, 0.05) is 23.8 Å². The van der Waals surface area contributed by atoms with Gasteiger partial charge in [-0.1, -0.05) is 17.7 Å². The van der Waals surface area contributed by atoms with E-state index in [1.165, 1.54) is 26.1 Å². The average Bonchev–Trinajstić information content (AvgIpc) is 2.63. The van der Waals surface area contributed by atoms with Crippen LogP contribution >= 0.6 is 11.6 Å². The van der Waals surface area contributed by atoms with Crippen LogP contribution in [0, 0.1) is 17.0 Å². The molecule has 2 rings (SSSR count). The molecule has 0 saturated carbocycles. The molecule has 0 heterocycles. The molecule has 0 aliphatic carbocycles. The van der Waals surface area contributed by atoms with Crippen LogP contribution in [0.2, 0.25) is 5.02 Å². The van der Waals surface area contributed by atoms with E-state index in [1.807, 2.05) is 0 Å². The molecule has 0 fully saturated rings. The molecule has 1 unspecified atom stereocenters. The maximum Gasteiger partial charge on any atom is 0.339 e. The third-order valence-electron chi connectivity index (χ3n) is 3.81. The number of carbonyl (C=O) groups is 2. The molecule has 0 aliphatic heterocycles. The number of ether oxygens (including phenoxy) is 1. The Bertz CT molecular complexity index is 901. The number of aryl methyl sites for hydroxylation is 1. The number of amides is 1. The van der Waals surface area contributed by atoms with Crippen molar-refractivity contribution in [2.75, 3.05) is 17.7 Å². The Morgan fingerprint density at radius 3 is 2.52 bits per heavy atom. The molecule has 0 bridgehead atoms. The second-order valence-corrected chi connectivity index (χ2v) is 6.17. The van der Waals surface area contributed by atoms with Gasteiger partial charge in [-0.2, -0.15) is 0 Å². The van der Waals surface area contributed by atoms with Crippen molar-refractivity contribution in [2.45, 2.75) is 20.0 Å². The zero-order valence-corrected chi connectivity index (χ0v) is 15.7. The van der Waals surface area contributed by atoms with Gasteiger partial charge in [0.25, 0.3) is 11.6 Å². The number of esters is 1. The van der Waals surface area contributed by atoms with E-state index in [0.29, 0.717) is 10.7 Å². The van der Waals surface area contributed by atoms with E-state index in [1.54, 1.807) is 25.1 Å². The lowest BCUT2D eigenvalue weighted by Gasteiger charge is -2.15. The van der Waals surface area contributed by atoms with Crippen LogP contribution < -0.4 is 10.6 Å². The molecule has 8 nitrogen and oxygen atoms in total. The zero-order chi connectivity index (χ0) is 20.1. The molecule has 2 aromatic rings. The van der Waals surface area contributed by atoms with E-state index >= 15 is 0 Å². The Hall–Kier alpha value is -3.13. The van der Waals surface area contributed by atoms with Crippen molar-refractivity contribution in [3.05, 3.63) is 62.7 Å². The third kappa shape index (κ3) is 4.95. The molecule has 2 N–H and O–H groups in total. The Kier molecular flexibility index (Phi) is 6.36. The van der Waals surface area contributed by atoms with Crippen molar-refractivity contribution >= 4 is 40.5 Å². The van der Waals surface area contributed by atoms with Gasteiger partial charge in [0.2, 0.25) is 0 Å². The van der Waals surface area contributed by atoms with Gasteiger partial charge in [0.1, 0.15) is 5.69 Å². The summed E-state index contributed by atoms with van der Waals surface area (Å²) in [5.74, 6) is -1.39. The van der Waals surface area contributed by atoms with Crippen LogP contribution in [0.1, 0.15) is 22.8 Å². The Balaban J connectivity index is 2.10. The van der Waals surface area contributed by atoms with Gasteiger partial charge in [-0.15, -0.1) is 0 Å². The van der Waals surface area contributed by atoms with Crippen LogP contribution in [0.5, 0.6) is 0 Å². The summed E-state index contributed by atoms with van der Waals surface area (Å²) in [6, 6.07) is 8.90. The summed E-state index contributed by atoms with van der Waals surface area (Å²) in [7, 11) is 1.53. The quantitative estimate of drug-likeness (QED) is 0.440. The van der Waals surface area contributed by atoms with Gasteiger partial charge in [-0.05, 0) is 43.7 Å². The van der Waals surface area contributed by atoms with Crippen molar-refractivity contribution in [1.29, 1.82) is 0 Å². The van der Waals surface area contributed by atoms with Crippen molar-refractivity contribution in [1.82, 2.24) is 0 Å². The first-order valence-corrected chi connectivity index (χ1v) is 8.35. The average molecular weight is 392 g/mol. The fourth-order valence-electron chi connectivity index (χ4n) is 2.27. The minimum atomic E-state index is -1.11. The highest BCUT2D eigenvalue weighted by Crippen LogP contribution is 2.25. The van der Waals surface area contributed by atoms with Crippen LogP contribution in [-0.4, -0.2) is 30.0 Å². The number of rotatable bonds is 6. The van der Waals surface area contributed by atoms with Crippen LogP contribution in [0.25, 0.3) is 0 Å². The van der Waals surface area contributed by atoms with Gasteiger partial charge >= 0.3 is 5.97 Å². The van der Waals surface area contributed by atoms with Gasteiger partial charge in [-0.25, -0.2) is 4.79 Å². The molecule has 9 heteroatoms. The van der Waals surface area contributed by atoms with Crippen LogP contribution in [0.15, 0.2) is 36.4 Å². The largest absolute Gasteiger partial charge is 0.449 e. The molecule has 1 amide bonds. The highest BCUT2D eigenvalue weighted by Gasteiger charge is 2.22. The van der Waals surface area contributed by atoms with Crippen molar-refractivity contribution in [2.24, 2.45) is 0 Å². The highest BCUT2D eigenvalue weighted by molar-refractivity contribution is 6.31. The van der Waals surface area contributed by atoms with Gasteiger partial charge in [0.15, 0.2) is 6.10 Å². The standard InChI is InChI=1S/C18H18ClN3O5/c1-10-4-6-13(19)9-15(10)21-17(23)11(2)27-18(24)12-5-7-14(20-3)16(8-12)22(25)26/h4-9,11,20H,1-3H3,(H,21,23). The first kappa shape index (κ1) is 20.2. The van der Waals surface area contributed by atoms with E-state index < -0.39 is 22.9 Å². The maximum atomic E-state index is 12.3.